The van der Waals surface area contributed by atoms with E-state index in [1.165, 1.54) is 25.4 Å². The second kappa shape index (κ2) is 8.54. The van der Waals surface area contributed by atoms with E-state index in [9.17, 15) is 9.00 Å². The average Bonchev–Trinajstić information content (AvgIpc) is 3.26. The predicted octanol–water partition coefficient (Wildman–Crippen LogP) is 3.24. The lowest BCUT2D eigenvalue weighted by molar-refractivity contribution is 0.412. The fraction of sp³-hybridized carbons (Fsp3) is 0.364. The van der Waals surface area contributed by atoms with Crippen LogP contribution in [0, 0.1) is 0 Å². The Hall–Kier alpha value is -3.34. The van der Waals surface area contributed by atoms with Crippen molar-refractivity contribution in [1.82, 2.24) is 15.1 Å². The molecule has 0 fully saturated rings. The van der Waals surface area contributed by atoms with Crippen LogP contribution in [0.25, 0.3) is 17.0 Å². The molecule has 176 valence electrons. The van der Waals surface area contributed by atoms with Gasteiger partial charge in [-0.2, -0.15) is 0 Å². The third kappa shape index (κ3) is 4.45. The summed E-state index contributed by atoms with van der Waals surface area (Å²) >= 11 is 0. The molecule has 3 N–H and O–H groups in total. The molecule has 0 radical (unpaired) electrons. The standard InChI is InChI=1S/C22H27FN6O3S/c1-13(18-9-16(29-32-18)17-10-27-19(30)11-26-17)7-8-15(23)14(2)22(5)12-33(31,25-6)21(3,4)20(24)28-22/h7-11H,2,12H2,1,3-6H3,(H2,24,28)(H,27,30)/b13-7+,15-8+/t22-,33+/m0/s1. The molecule has 9 nitrogen and oxygen atoms in total. The first-order valence-corrected chi connectivity index (χ1v) is 11.8. The van der Waals surface area contributed by atoms with E-state index in [0.29, 0.717) is 22.7 Å². The summed E-state index contributed by atoms with van der Waals surface area (Å²) in [5.74, 6) is -0.0797. The van der Waals surface area contributed by atoms with Gasteiger partial charge in [0.05, 0.1) is 27.2 Å². The van der Waals surface area contributed by atoms with Gasteiger partial charge < -0.3 is 15.2 Å². The van der Waals surface area contributed by atoms with Gasteiger partial charge in [-0.05, 0) is 39.3 Å². The lowest BCUT2D eigenvalue weighted by atomic mass is 9.93. The van der Waals surface area contributed by atoms with Crippen LogP contribution < -0.4 is 11.3 Å². The maximum atomic E-state index is 15.1. The monoisotopic (exact) mass is 474 g/mol. The van der Waals surface area contributed by atoms with Gasteiger partial charge >= 0.3 is 0 Å². The van der Waals surface area contributed by atoms with Gasteiger partial charge in [0.15, 0.2) is 5.76 Å². The highest BCUT2D eigenvalue weighted by Crippen LogP contribution is 2.38. The lowest BCUT2D eigenvalue weighted by Crippen LogP contribution is -2.56. The summed E-state index contributed by atoms with van der Waals surface area (Å²) in [4.78, 5) is 22.1. The molecule has 0 saturated heterocycles. The first kappa shape index (κ1) is 24.3. The number of H-pyrrole nitrogens is 1. The van der Waals surface area contributed by atoms with E-state index >= 15 is 4.39 Å². The minimum Gasteiger partial charge on any atom is -0.386 e. The molecule has 1 aliphatic heterocycles. The zero-order chi connectivity index (χ0) is 24.6. The Kier molecular flexibility index (Phi) is 6.29. The van der Waals surface area contributed by atoms with Gasteiger partial charge in [-0.15, -0.1) is 0 Å². The molecule has 2 aromatic rings. The van der Waals surface area contributed by atoms with Gasteiger partial charge in [-0.1, -0.05) is 17.8 Å². The van der Waals surface area contributed by atoms with Gasteiger partial charge in [0.25, 0.3) is 5.56 Å². The third-order valence-electron chi connectivity index (χ3n) is 5.80. The fourth-order valence-corrected chi connectivity index (χ4v) is 5.63. The van der Waals surface area contributed by atoms with Crippen LogP contribution in [0.2, 0.25) is 0 Å². The zero-order valence-electron chi connectivity index (χ0n) is 19.2. The summed E-state index contributed by atoms with van der Waals surface area (Å²) in [6.45, 7) is 10.7. The second-order valence-electron chi connectivity index (χ2n) is 8.46. The van der Waals surface area contributed by atoms with Gasteiger partial charge in [0, 0.05) is 24.9 Å². The Balaban J connectivity index is 1.87. The predicted molar refractivity (Wildman–Crippen MR) is 128 cm³/mol. The fourth-order valence-electron chi connectivity index (χ4n) is 3.31. The van der Waals surface area contributed by atoms with Crippen LogP contribution in [0.4, 0.5) is 4.39 Å². The molecule has 33 heavy (non-hydrogen) atoms. The van der Waals surface area contributed by atoms with Gasteiger partial charge in [0.2, 0.25) is 0 Å². The Morgan fingerprint density at radius 2 is 2.06 bits per heavy atom. The van der Waals surface area contributed by atoms with Gasteiger partial charge in [0.1, 0.15) is 27.8 Å². The van der Waals surface area contributed by atoms with E-state index in [4.69, 9.17) is 10.3 Å². The summed E-state index contributed by atoms with van der Waals surface area (Å²) in [5.41, 5.74) is 6.07. The summed E-state index contributed by atoms with van der Waals surface area (Å²) in [6, 6.07) is 1.63. The highest BCUT2D eigenvalue weighted by atomic mass is 32.2. The normalized spacial score (nSPS) is 25.5. The molecule has 2 atom stereocenters. The van der Waals surface area contributed by atoms with Crippen molar-refractivity contribution < 1.29 is 13.1 Å². The number of allylic oxidation sites excluding steroid dienone is 3. The number of aliphatic imine (C=N–C) groups is 1. The molecule has 0 unspecified atom stereocenters. The number of halogens is 1. The highest BCUT2D eigenvalue weighted by molar-refractivity contribution is 7.95. The number of aromatic nitrogens is 3. The van der Waals surface area contributed by atoms with Crippen LogP contribution in [0.3, 0.4) is 0 Å². The Morgan fingerprint density at radius 3 is 2.67 bits per heavy atom. The summed E-state index contributed by atoms with van der Waals surface area (Å²) in [6.07, 6.45) is 5.31. The third-order valence-corrected chi connectivity index (χ3v) is 9.15. The van der Waals surface area contributed by atoms with Crippen molar-refractivity contribution in [3.8, 4) is 11.4 Å². The Bertz CT molecular complexity index is 1350. The molecule has 0 amide bonds. The summed E-state index contributed by atoms with van der Waals surface area (Å²) in [5, 5.41) is 3.92. The smallest absolute Gasteiger partial charge is 0.266 e. The molecule has 3 rings (SSSR count). The molecular weight excluding hydrogens is 447 g/mol. The van der Waals surface area contributed by atoms with Crippen LogP contribution in [-0.2, 0) is 9.73 Å². The molecule has 11 heteroatoms. The minimum absolute atomic E-state index is 0.00458. The van der Waals surface area contributed by atoms with E-state index < -0.39 is 25.8 Å². The van der Waals surface area contributed by atoms with Crippen molar-refractivity contribution in [1.29, 1.82) is 0 Å². The molecule has 0 spiro atoms. The highest BCUT2D eigenvalue weighted by Gasteiger charge is 2.47. The Labute approximate surface area is 191 Å². The van der Waals surface area contributed by atoms with Crippen molar-refractivity contribution in [3.05, 3.63) is 64.7 Å². The topological polar surface area (TPSA) is 140 Å². The van der Waals surface area contributed by atoms with Gasteiger partial charge in [-0.3, -0.25) is 9.79 Å². The Morgan fingerprint density at radius 1 is 1.36 bits per heavy atom. The first-order valence-electron chi connectivity index (χ1n) is 10.1. The van der Waals surface area contributed by atoms with Crippen molar-refractivity contribution in [2.45, 2.75) is 38.0 Å². The van der Waals surface area contributed by atoms with Crippen molar-refractivity contribution in [2.24, 2.45) is 15.1 Å². The molecule has 3 heterocycles. The summed E-state index contributed by atoms with van der Waals surface area (Å²) < 4.78 is 37.0. The average molecular weight is 475 g/mol. The molecule has 0 saturated carbocycles. The maximum Gasteiger partial charge on any atom is 0.266 e. The van der Waals surface area contributed by atoms with Crippen LogP contribution in [-0.4, -0.2) is 48.3 Å². The largest absolute Gasteiger partial charge is 0.386 e. The number of aromatic amines is 1. The van der Waals surface area contributed by atoms with E-state index in [1.807, 2.05) is 0 Å². The molecule has 0 bridgehead atoms. The van der Waals surface area contributed by atoms with E-state index in [1.54, 1.807) is 33.8 Å². The van der Waals surface area contributed by atoms with Crippen LogP contribution in [0.1, 0.15) is 33.5 Å². The molecule has 0 aromatic carbocycles. The lowest BCUT2D eigenvalue weighted by Gasteiger charge is -2.40. The SMILES string of the molecule is C=C(/C(F)=C\C=C(/C)c1cc(-c2c[nH]c(=O)cn2)no1)[C@]1(C)C[S@](=O)(=NC)C(C)(C)C(N)=N1. The molecular formula is C22H27FN6O3S. The van der Waals surface area contributed by atoms with Crippen molar-refractivity contribution in [3.63, 3.8) is 0 Å². The van der Waals surface area contributed by atoms with Crippen LogP contribution in [0.5, 0.6) is 0 Å². The molecule has 2 aromatic heterocycles. The number of nitrogens with one attached hydrogen (secondary N) is 1. The number of nitrogens with two attached hydrogens (primary N) is 1. The van der Waals surface area contributed by atoms with E-state index in [-0.39, 0.29) is 22.7 Å². The van der Waals surface area contributed by atoms with E-state index in [2.05, 4.69) is 31.1 Å². The molecule has 1 aliphatic rings. The van der Waals surface area contributed by atoms with Crippen LogP contribution >= 0.6 is 0 Å². The van der Waals surface area contributed by atoms with Gasteiger partial charge in [-0.25, -0.2) is 17.9 Å². The quantitative estimate of drug-likeness (QED) is 0.638. The number of amidine groups is 1. The molecule has 0 aliphatic carbocycles. The number of nitrogens with zero attached hydrogens (tertiary/aromatic N) is 4. The maximum absolute atomic E-state index is 15.1. The van der Waals surface area contributed by atoms with Crippen LogP contribution in [0.15, 0.2) is 67.3 Å². The summed E-state index contributed by atoms with van der Waals surface area (Å²) in [7, 11) is -1.32. The second-order valence-corrected chi connectivity index (χ2v) is 11.4. The number of rotatable bonds is 5. The number of hydrogen-bond donors (Lipinski definition) is 2. The number of hydrogen-bond acceptors (Lipinski definition) is 8. The minimum atomic E-state index is -2.79. The zero-order valence-corrected chi connectivity index (χ0v) is 20.0. The van der Waals surface area contributed by atoms with E-state index in [0.717, 1.165) is 6.20 Å². The first-order chi connectivity index (χ1) is 15.3. The van der Waals surface area contributed by atoms with Crippen molar-refractivity contribution >= 4 is 21.1 Å². The van der Waals surface area contributed by atoms with Crippen molar-refractivity contribution in [2.75, 3.05) is 12.8 Å².